The molecular weight excluding hydrogens is 350 g/mol. The summed E-state index contributed by atoms with van der Waals surface area (Å²) in [6, 6.07) is 14.5. The Morgan fingerprint density at radius 2 is 1.54 bits per heavy atom. The number of carbonyl (C=O) groups excluding carboxylic acids is 1. The number of halogens is 1. The molecule has 0 unspecified atom stereocenters. The Bertz CT molecular complexity index is 682. The lowest BCUT2D eigenvalue weighted by atomic mass is 10.1. The highest BCUT2D eigenvalue weighted by Gasteiger charge is 2.14. The standard InChI is InChI=1S/C21H26ClNO3/c1-3-12-23(13-4-2)21(24)17-6-5-7-20(16-17)26-15-14-25-19-10-8-18(22)9-11-19/h5-11,16H,3-4,12-15H2,1-2H3. The lowest BCUT2D eigenvalue weighted by Crippen LogP contribution is -2.32. The van der Waals surface area contributed by atoms with Crippen LogP contribution in [-0.2, 0) is 0 Å². The highest BCUT2D eigenvalue weighted by molar-refractivity contribution is 6.30. The number of hydrogen-bond donors (Lipinski definition) is 0. The number of benzene rings is 2. The van der Waals surface area contributed by atoms with Gasteiger partial charge in [0.1, 0.15) is 24.7 Å². The predicted molar refractivity (Wildman–Crippen MR) is 105 cm³/mol. The van der Waals surface area contributed by atoms with Gasteiger partial charge in [0, 0.05) is 23.7 Å². The number of ether oxygens (including phenoxy) is 2. The average Bonchev–Trinajstić information content (AvgIpc) is 2.66. The van der Waals surface area contributed by atoms with E-state index in [2.05, 4.69) is 13.8 Å². The second-order valence-electron chi connectivity index (χ2n) is 5.97. The third kappa shape index (κ3) is 6.26. The van der Waals surface area contributed by atoms with E-state index in [1.54, 1.807) is 18.2 Å². The van der Waals surface area contributed by atoms with E-state index >= 15 is 0 Å². The zero-order valence-corrected chi connectivity index (χ0v) is 16.2. The molecule has 0 heterocycles. The van der Waals surface area contributed by atoms with E-state index in [4.69, 9.17) is 21.1 Å². The molecule has 2 aromatic carbocycles. The maximum absolute atomic E-state index is 12.7. The second kappa shape index (κ2) is 10.7. The van der Waals surface area contributed by atoms with E-state index in [1.807, 2.05) is 35.2 Å². The zero-order chi connectivity index (χ0) is 18.8. The molecule has 0 radical (unpaired) electrons. The van der Waals surface area contributed by atoms with Gasteiger partial charge in [-0.1, -0.05) is 31.5 Å². The fraction of sp³-hybridized carbons (Fsp3) is 0.381. The minimum absolute atomic E-state index is 0.0524. The summed E-state index contributed by atoms with van der Waals surface area (Å²) >= 11 is 5.84. The number of hydrogen-bond acceptors (Lipinski definition) is 3. The van der Waals surface area contributed by atoms with Crippen molar-refractivity contribution in [2.75, 3.05) is 26.3 Å². The summed E-state index contributed by atoms with van der Waals surface area (Å²) in [4.78, 5) is 14.5. The maximum Gasteiger partial charge on any atom is 0.253 e. The molecule has 0 saturated heterocycles. The van der Waals surface area contributed by atoms with E-state index in [9.17, 15) is 4.79 Å². The maximum atomic E-state index is 12.7. The number of carbonyl (C=O) groups is 1. The lowest BCUT2D eigenvalue weighted by molar-refractivity contribution is 0.0755. The minimum atomic E-state index is 0.0524. The van der Waals surface area contributed by atoms with Gasteiger partial charge >= 0.3 is 0 Å². The zero-order valence-electron chi connectivity index (χ0n) is 15.4. The molecule has 2 rings (SSSR count). The molecule has 0 spiro atoms. The van der Waals surface area contributed by atoms with Gasteiger partial charge in [0.25, 0.3) is 5.91 Å². The van der Waals surface area contributed by atoms with Gasteiger partial charge in [-0.2, -0.15) is 0 Å². The van der Waals surface area contributed by atoms with Crippen LogP contribution in [0.15, 0.2) is 48.5 Å². The molecule has 26 heavy (non-hydrogen) atoms. The molecule has 1 amide bonds. The van der Waals surface area contributed by atoms with E-state index in [-0.39, 0.29) is 5.91 Å². The van der Waals surface area contributed by atoms with Crippen LogP contribution in [0.3, 0.4) is 0 Å². The molecule has 0 aliphatic heterocycles. The Morgan fingerprint density at radius 1 is 0.923 bits per heavy atom. The summed E-state index contributed by atoms with van der Waals surface area (Å²) in [7, 11) is 0. The molecule has 0 aromatic heterocycles. The van der Waals surface area contributed by atoms with Crippen molar-refractivity contribution in [3.05, 3.63) is 59.1 Å². The van der Waals surface area contributed by atoms with Gasteiger partial charge in [0.15, 0.2) is 0 Å². The highest BCUT2D eigenvalue weighted by Crippen LogP contribution is 2.17. The molecule has 0 bridgehead atoms. The van der Waals surface area contributed by atoms with E-state index in [0.717, 1.165) is 31.7 Å². The SMILES string of the molecule is CCCN(CCC)C(=O)c1cccc(OCCOc2ccc(Cl)cc2)c1. The molecule has 4 nitrogen and oxygen atoms in total. The van der Waals surface area contributed by atoms with Crippen molar-refractivity contribution in [2.45, 2.75) is 26.7 Å². The topological polar surface area (TPSA) is 38.8 Å². The molecule has 0 N–H and O–H groups in total. The molecule has 0 saturated carbocycles. The number of amides is 1. The molecular formula is C21H26ClNO3. The van der Waals surface area contributed by atoms with Crippen molar-refractivity contribution in [1.29, 1.82) is 0 Å². The minimum Gasteiger partial charge on any atom is -0.490 e. The van der Waals surface area contributed by atoms with Crippen LogP contribution in [0, 0.1) is 0 Å². The molecule has 2 aromatic rings. The van der Waals surface area contributed by atoms with Crippen LogP contribution in [0.5, 0.6) is 11.5 Å². The van der Waals surface area contributed by atoms with Crippen molar-refractivity contribution in [3.63, 3.8) is 0 Å². The van der Waals surface area contributed by atoms with Crippen molar-refractivity contribution in [3.8, 4) is 11.5 Å². The average molecular weight is 376 g/mol. The predicted octanol–water partition coefficient (Wildman–Crippen LogP) is 5.06. The molecule has 0 atom stereocenters. The fourth-order valence-electron chi connectivity index (χ4n) is 2.61. The lowest BCUT2D eigenvalue weighted by Gasteiger charge is -2.21. The van der Waals surface area contributed by atoms with Crippen LogP contribution in [0.25, 0.3) is 0 Å². The first-order valence-corrected chi connectivity index (χ1v) is 9.42. The number of nitrogens with zero attached hydrogens (tertiary/aromatic N) is 1. The Kier molecular flexibility index (Phi) is 8.29. The fourth-order valence-corrected chi connectivity index (χ4v) is 2.73. The van der Waals surface area contributed by atoms with Crippen molar-refractivity contribution >= 4 is 17.5 Å². The van der Waals surface area contributed by atoms with Gasteiger partial charge in [-0.05, 0) is 55.3 Å². The van der Waals surface area contributed by atoms with Gasteiger partial charge in [0.2, 0.25) is 0 Å². The van der Waals surface area contributed by atoms with Gasteiger partial charge in [-0.3, -0.25) is 4.79 Å². The van der Waals surface area contributed by atoms with Crippen molar-refractivity contribution in [1.82, 2.24) is 4.90 Å². The largest absolute Gasteiger partial charge is 0.490 e. The Labute approximate surface area is 160 Å². The summed E-state index contributed by atoms with van der Waals surface area (Å²) in [5.74, 6) is 1.47. The molecule has 140 valence electrons. The van der Waals surface area contributed by atoms with Gasteiger partial charge < -0.3 is 14.4 Å². The van der Waals surface area contributed by atoms with Gasteiger partial charge in [0.05, 0.1) is 0 Å². The van der Waals surface area contributed by atoms with Crippen LogP contribution < -0.4 is 9.47 Å². The first-order valence-electron chi connectivity index (χ1n) is 9.04. The first-order chi connectivity index (χ1) is 12.6. The Hall–Kier alpha value is -2.20. The van der Waals surface area contributed by atoms with Crippen LogP contribution in [-0.4, -0.2) is 37.1 Å². The second-order valence-corrected chi connectivity index (χ2v) is 6.41. The monoisotopic (exact) mass is 375 g/mol. The third-order valence-electron chi connectivity index (χ3n) is 3.79. The Morgan fingerprint density at radius 3 is 2.15 bits per heavy atom. The van der Waals surface area contributed by atoms with Gasteiger partial charge in [-0.25, -0.2) is 0 Å². The summed E-state index contributed by atoms with van der Waals surface area (Å²) < 4.78 is 11.3. The van der Waals surface area contributed by atoms with Crippen LogP contribution in [0.2, 0.25) is 5.02 Å². The third-order valence-corrected chi connectivity index (χ3v) is 4.04. The summed E-state index contributed by atoms with van der Waals surface area (Å²) in [6.07, 6.45) is 1.90. The van der Waals surface area contributed by atoms with Crippen LogP contribution in [0.1, 0.15) is 37.0 Å². The van der Waals surface area contributed by atoms with Crippen molar-refractivity contribution < 1.29 is 14.3 Å². The normalized spacial score (nSPS) is 10.4. The molecule has 5 heteroatoms. The van der Waals surface area contributed by atoms with E-state index in [0.29, 0.717) is 29.5 Å². The quantitative estimate of drug-likeness (QED) is 0.545. The molecule has 0 aliphatic rings. The summed E-state index contributed by atoms with van der Waals surface area (Å²) in [6.45, 7) is 6.51. The number of rotatable bonds is 10. The first kappa shape index (κ1) is 20.1. The molecule has 0 aliphatic carbocycles. The van der Waals surface area contributed by atoms with Crippen LogP contribution >= 0.6 is 11.6 Å². The highest BCUT2D eigenvalue weighted by atomic mass is 35.5. The summed E-state index contributed by atoms with van der Waals surface area (Å²) in [5, 5.41) is 0.676. The molecule has 0 fully saturated rings. The smallest absolute Gasteiger partial charge is 0.253 e. The van der Waals surface area contributed by atoms with Crippen molar-refractivity contribution in [2.24, 2.45) is 0 Å². The van der Waals surface area contributed by atoms with Gasteiger partial charge in [-0.15, -0.1) is 0 Å². The van der Waals surface area contributed by atoms with Crippen LogP contribution in [0.4, 0.5) is 0 Å². The Balaban J connectivity index is 1.87. The van der Waals surface area contributed by atoms with E-state index in [1.165, 1.54) is 0 Å². The summed E-state index contributed by atoms with van der Waals surface area (Å²) in [5.41, 5.74) is 0.656. The van der Waals surface area contributed by atoms with E-state index < -0.39 is 0 Å².